The Hall–Kier alpha value is -0.810. The van der Waals surface area contributed by atoms with Gasteiger partial charge >= 0.3 is 0 Å². The first-order chi connectivity index (χ1) is 6.03. The first-order valence-electron chi connectivity index (χ1n) is 3.58. The highest BCUT2D eigenvalue weighted by Gasteiger charge is 2.27. The Bertz CT molecular complexity index is 293. The van der Waals surface area contributed by atoms with Crippen molar-refractivity contribution in [2.24, 2.45) is 5.73 Å². The van der Waals surface area contributed by atoms with Crippen molar-refractivity contribution in [3.63, 3.8) is 0 Å². The van der Waals surface area contributed by atoms with Gasteiger partial charge in [-0.05, 0) is 0 Å². The molecule has 0 bridgehead atoms. The maximum absolute atomic E-state index is 12.7. The lowest BCUT2D eigenvalue weighted by molar-refractivity contribution is 0.0105. The highest BCUT2D eigenvalue weighted by molar-refractivity contribution is 6.29. The second-order valence-electron chi connectivity index (χ2n) is 2.57. The zero-order valence-electron chi connectivity index (χ0n) is 6.67. The summed E-state index contributed by atoms with van der Waals surface area (Å²) in [5, 5.41) is 0.102. The molecule has 0 fully saturated rings. The summed E-state index contributed by atoms with van der Waals surface area (Å²) >= 11 is 5.47. The van der Waals surface area contributed by atoms with Gasteiger partial charge in [-0.2, -0.15) is 0 Å². The van der Waals surface area contributed by atoms with Crippen molar-refractivity contribution in [2.45, 2.75) is 12.3 Å². The number of hydrogen-bond donors (Lipinski definition) is 1. The monoisotopic (exact) mass is 207 g/mol. The molecule has 6 heteroatoms. The van der Waals surface area contributed by atoms with Crippen LogP contribution in [0.25, 0.3) is 0 Å². The van der Waals surface area contributed by atoms with E-state index in [0.29, 0.717) is 0 Å². The van der Waals surface area contributed by atoms with Crippen LogP contribution in [-0.4, -0.2) is 22.4 Å². The van der Waals surface area contributed by atoms with Gasteiger partial charge in [-0.3, -0.25) is 4.98 Å². The highest BCUT2D eigenvalue weighted by atomic mass is 35.5. The molecule has 1 aromatic rings. The van der Waals surface area contributed by atoms with Crippen LogP contribution in [0.4, 0.5) is 8.78 Å². The number of halogens is 3. The summed E-state index contributed by atoms with van der Waals surface area (Å²) in [6.07, 6.45) is 2.00. The Kier molecular flexibility index (Phi) is 3.11. The van der Waals surface area contributed by atoms with Crippen molar-refractivity contribution in [2.75, 3.05) is 6.54 Å². The van der Waals surface area contributed by atoms with Gasteiger partial charge in [0, 0.05) is 6.20 Å². The van der Waals surface area contributed by atoms with E-state index >= 15 is 0 Å². The lowest BCUT2D eigenvalue weighted by atomic mass is 10.2. The van der Waals surface area contributed by atoms with Crippen LogP contribution >= 0.6 is 11.6 Å². The Balaban J connectivity index is 2.74. The molecule has 0 aromatic carbocycles. The molecule has 0 aliphatic rings. The van der Waals surface area contributed by atoms with E-state index in [1.165, 1.54) is 12.4 Å². The number of alkyl halides is 2. The van der Waals surface area contributed by atoms with Gasteiger partial charge in [-0.1, -0.05) is 11.6 Å². The first kappa shape index (κ1) is 10.3. The van der Waals surface area contributed by atoms with Gasteiger partial charge in [0.25, 0.3) is 5.92 Å². The lowest BCUT2D eigenvalue weighted by Crippen LogP contribution is -2.30. The van der Waals surface area contributed by atoms with E-state index in [0.717, 1.165) is 0 Å². The van der Waals surface area contributed by atoms with Crippen molar-refractivity contribution in [1.29, 1.82) is 0 Å². The van der Waals surface area contributed by atoms with Crippen LogP contribution < -0.4 is 5.73 Å². The molecule has 0 unspecified atom stereocenters. The van der Waals surface area contributed by atoms with Crippen molar-refractivity contribution in [1.82, 2.24) is 9.97 Å². The highest BCUT2D eigenvalue weighted by Crippen LogP contribution is 2.17. The number of hydrogen-bond acceptors (Lipinski definition) is 3. The van der Waals surface area contributed by atoms with Crippen molar-refractivity contribution < 1.29 is 8.78 Å². The summed E-state index contributed by atoms with van der Waals surface area (Å²) in [6, 6.07) is 0. The summed E-state index contributed by atoms with van der Waals surface area (Å²) in [5.74, 6) is -2.95. The molecular weight excluding hydrogens is 200 g/mol. The SMILES string of the molecule is NCC(F)(F)Cc1cncc(Cl)n1. The summed E-state index contributed by atoms with van der Waals surface area (Å²) in [7, 11) is 0. The number of rotatable bonds is 3. The van der Waals surface area contributed by atoms with Crippen LogP contribution in [0.1, 0.15) is 5.69 Å². The zero-order valence-corrected chi connectivity index (χ0v) is 7.43. The molecule has 1 rings (SSSR count). The normalized spacial score (nSPS) is 11.7. The topological polar surface area (TPSA) is 51.8 Å². The Morgan fingerprint density at radius 3 is 2.69 bits per heavy atom. The van der Waals surface area contributed by atoms with E-state index in [-0.39, 0.29) is 10.8 Å². The minimum absolute atomic E-state index is 0.102. The third-order valence-electron chi connectivity index (χ3n) is 1.39. The molecule has 3 nitrogen and oxygen atoms in total. The molecule has 1 heterocycles. The third-order valence-corrected chi connectivity index (χ3v) is 1.58. The fraction of sp³-hybridized carbons (Fsp3) is 0.429. The molecule has 72 valence electrons. The maximum Gasteiger partial charge on any atom is 0.265 e. The maximum atomic E-state index is 12.7. The minimum Gasteiger partial charge on any atom is -0.325 e. The molecule has 0 amide bonds. The first-order valence-corrected chi connectivity index (χ1v) is 3.95. The van der Waals surface area contributed by atoms with E-state index in [1.54, 1.807) is 0 Å². The number of nitrogens with zero attached hydrogens (tertiary/aromatic N) is 2. The Morgan fingerprint density at radius 1 is 1.46 bits per heavy atom. The molecular formula is C7H8ClF2N3. The minimum atomic E-state index is -2.95. The van der Waals surface area contributed by atoms with Gasteiger partial charge in [-0.15, -0.1) is 0 Å². The van der Waals surface area contributed by atoms with E-state index < -0.39 is 18.9 Å². The van der Waals surface area contributed by atoms with Crippen LogP contribution in [0.2, 0.25) is 5.15 Å². The molecule has 0 radical (unpaired) electrons. The van der Waals surface area contributed by atoms with Crippen LogP contribution in [-0.2, 0) is 6.42 Å². The fourth-order valence-electron chi connectivity index (χ4n) is 0.802. The molecule has 0 saturated carbocycles. The molecule has 1 aromatic heterocycles. The predicted octanol–water partition coefficient (Wildman–Crippen LogP) is 1.27. The summed E-state index contributed by atoms with van der Waals surface area (Å²) in [4.78, 5) is 7.31. The summed E-state index contributed by atoms with van der Waals surface area (Å²) in [5.41, 5.74) is 5.00. The fourth-order valence-corrected chi connectivity index (χ4v) is 0.967. The van der Waals surface area contributed by atoms with Crippen LogP contribution in [0.5, 0.6) is 0 Å². The van der Waals surface area contributed by atoms with Crippen molar-refractivity contribution in [3.8, 4) is 0 Å². The van der Waals surface area contributed by atoms with E-state index in [4.69, 9.17) is 17.3 Å². The molecule has 2 N–H and O–H groups in total. The van der Waals surface area contributed by atoms with Gasteiger partial charge in [0.2, 0.25) is 0 Å². The summed E-state index contributed by atoms with van der Waals surface area (Å²) in [6.45, 7) is -0.707. The van der Waals surface area contributed by atoms with E-state index in [2.05, 4.69) is 9.97 Å². The molecule has 0 spiro atoms. The summed E-state index contributed by atoms with van der Waals surface area (Å²) < 4.78 is 25.5. The van der Waals surface area contributed by atoms with E-state index in [9.17, 15) is 8.78 Å². The Labute approximate surface area is 78.9 Å². The van der Waals surface area contributed by atoms with Crippen LogP contribution in [0, 0.1) is 0 Å². The average molecular weight is 208 g/mol. The third kappa shape index (κ3) is 3.20. The van der Waals surface area contributed by atoms with Gasteiger partial charge < -0.3 is 5.73 Å². The van der Waals surface area contributed by atoms with Crippen LogP contribution in [0.3, 0.4) is 0 Å². The molecule has 0 aliphatic heterocycles. The van der Waals surface area contributed by atoms with Crippen LogP contribution in [0.15, 0.2) is 12.4 Å². The smallest absolute Gasteiger partial charge is 0.265 e. The second-order valence-corrected chi connectivity index (χ2v) is 2.96. The van der Waals surface area contributed by atoms with Gasteiger partial charge in [0.15, 0.2) is 0 Å². The molecule has 0 aliphatic carbocycles. The molecule has 13 heavy (non-hydrogen) atoms. The largest absolute Gasteiger partial charge is 0.325 e. The van der Waals surface area contributed by atoms with Gasteiger partial charge in [0.1, 0.15) is 5.15 Å². The quantitative estimate of drug-likeness (QED) is 0.812. The average Bonchev–Trinajstić information content (AvgIpc) is 2.03. The van der Waals surface area contributed by atoms with Crippen molar-refractivity contribution in [3.05, 3.63) is 23.2 Å². The van der Waals surface area contributed by atoms with E-state index in [1.807, 2.05) is 0 Å². The second kappa shape index (κ2) is 3.93. The number of nitrogens with two attached hydrogens (primary N) is 1. The molecule has 0 saturated heterocycles. The number of aromatic nitrogens is 2. The zero-order chi connectivity index (χ0) is 9.90. The van der Waals surface area contributed by atoms with Gasteiger partial charge in [-0.25, -0.2) is 13.8 Å². The standard InChI is InChI=1S/C7H8ClF2N3/c8-6-3-12-2-5(13-6)1-7(9,10)4-11/h2-3H,1,4,11H2. The lowest BCUT2D eigenvalue weighted by Gasteiger charge is -2.12. The predicted molar refractivity (Wildman–Crippen MR) is 44.7 cm³/mol. The Morgan fingerprint density at radius 2 is 2.15 bits per heavy atom. The van der Waals surface area contributed by atoms with Crippen molar-refractivity contribution >= 4 is 11.6 Å². The van der Waals surface area contributed by atoms with Gasteiger partial charge in [0.05, 0.1) is 24.9 Å². The molecule has 0 atom stereocenters.